The highest BCUT2D eigenvalue weighted by atomic mass is 32.1. The van der Waals surface area contributed by atoms with Crippen molar-refractivity contribution in [1.82, 2.24) is 10.3 Å². The minimum absolute atomic E-state index is 0.0508. The van der Waals surface area contributed by atoms with Crippen LogP contribution < -0.4 is 14.8 Å². The van der Waals surface area contributed by atoms with Gasteiger partial charge in [0.1, 0.15) is 11.5 Å². The summed E-state index contributed by atoms with van der Waals surface area (Å²) >= 11 is 1.64. The Hall–Kier alpha value is -2.86. The zero-order valence-corrected chi connectivity index (χ0v) is 14.6. The van der Waals surface area contributed by atoms with Crippen LogP contribution in [0.5, 0.6) is 11.5 Å². The first-order valence-electron chi connectivity index (χ1n) is 7.74. The predicted molar refractivity (Wildman–Crippen MR) is 97.9 cm³/mol. The average Bonchev–Trinajstić information content (AvgIpc) is 3.20. The fourth-order valence-electron chi connectivity index (χ4n) is 2.26. The maximum Gasteiger partial charge on any atom is 0.258 e. The van der Waals surface area contributed by atoms with Crippen LogP contribution in [0, 0.1) is 0 Å². The van der Waals surface area contributed by atoms with E-state index in [1.807, 2.05) is 35.8 Å². The van der Waals surface area contributed by atoms with Crippen molar-refractivity contribution >= 4 is 17.2 Å². The molecule has 0 unspecified atom stereocenters. The van der Waals surface area contributed by atoms with E-state index in [1.165, 1.54) is 0 Å². The molecule has 3 aromatic rings. The van der Waals surface area contributed by atoms with Crippen molar-refractivity contribution in [2.75, 3.05) is 13.7 Å². The van der Waals surface area contributed by atoms with Gasteiger partial charge < -0.3 is 14.8 Å². The Morgan fingerprint density at radius 2 is 2.04 bits per heavy atom. The molecule has 0 aliphatic carbocycles. The lowest BCUT2D eigenvalue weighted by atomic mass is 10.1. The van der Waals surface area contributed by atoms with Crippen LogP contribution in [0.25, 0.3) is 11.1 Å². The van der Waals surface area contributed by atoms with Crippen molar-refractivity contribution in [2.45, 2.75) is 6.54 Å². The van der Waals surface area contributed by atoms with E-state index in [1.54, 1.807) is 36.8 Å². The van der Waals surface area contributed by atoms with Gasteiger partial charge in [-0.2, -0.15) is 11.3 Å². The number of nitrogens with one attached hydrogen (secondary N) is 1. The summed E-state index contributed by atoms with van der Waals surface area (Å²) in [5.74, 6) is 1.09. The molecule has 6 heteroatoms. The standard InChI is InChI=1S/C19H18N2O3S/c1-23-17-3-2-4-18(8-17)24-12-19(22)21-10-14-7-16(11-20-9-14)15-5-6-25-13-15/h2-9,11,13H,10,12H2,1H3,(H,21,22). The summed E-state index contributed by atoms with van der Waals surface area (Å²) in [6.07, 6.45) is 3.57. The monoisotopic (exact) mass is 354 g/mol. The summed E-state index contributed by atoms with van der Waals surface area (Å²) in [6, 6.07) is 11.2. The van der Waals surface area contributed by atoms with E-state index in [2.05, 4.69) is 15.7 Å². The highest BCUT2D eigenvalue weighted by Gasteiger charge is 2.05. The number of benzene rings is 1. The second kappa shape index (κ2) is 8.30. The minimum atomic E-state index is -0.191. The zero-order valence-electron chi connectivity index (χ0n) is 13.8. The van der Waals surface area contributed by atoms with Crippen LogP contribution in [0.2, 0.25) is 0 Å². The number of carbonyl (C=O) groups is 1. The molecule has 1 N–H and O–H groups in total. The van der Waals surface area contributed by atoms with Crippen LogP contribution in [-0.4, -0.2) is 24.6 Å². The Balaban J connectivity index is 1.51. The molecule has 0 aliphatic heterocycles. The third-order valence-corrected chi connectivity index (χ3v) is 4.23. The smallest absolute Gasteiger partial charge is 0.258 e. The number of thiophene rings is 1. The molecule has 2 aromatic heterocycles. The van der Waals surface area contributed by atoms with Gasteiger partial charge in [0.15, 0.2) is 6.61 Å². The number of aromatic nitrogens is 1. The van der Waals surface area contributed by atoms with Crippen molar-refractivity contribution < 1.29 is 14.3 Å². The molecule has 0 saturated heterocycles. The maximum atomic E-state index is 12.0. The molecule has 0 bridgehead atoms. The minimum Gasteiger partial charge on any atom is -0.497 e. The van der Waals surface area contributed by atoms with Crippen LogP contribution >= 0.6 is 11.3 Å². The molecule has 25 heavy (non-hydrogen) atoms. The molecule has 0 aliphatic rings. The third kappa shape index (κ3) is 4.81. The van der Waals surface area contributed by atoms with Gasteiger partial charge in [-0.1, -0.05) is 6.07 Å². The van der Waals surface area contributed by atoms with Gasteiger partial charge in [-0.25, -0.2) is 0 Å². The summed E-state index contributed by atoms with van der Waals surface area (Å²) in [5.41, 5.74) is 3.12. The van der Waals surface area contributed by atoms with Gasteiger partial charge in [-0.05, 0) is 46.2 Å². The van der Waals surface area contributed by atoms with Gasteiger partial charge >= 0.3 is 0 Å². The number of amides is 1. The number of methoxy groups -OCH3 is 1. The van der Waals surface area contributed by atoms with Gasteiger partial charge in [-0.15, -0.1) is 0 Å². The Morgan fingerprint density at radius 3 is 2.84 bits per heavy atom. The van der Waals surface area contributed by atoms with E-state index in [0.29, 0.717) is 18.0 Å². The van der Waals surface area contributed by atoms with Crippen LogP contribution in [0.3, 0.4) is 0 Å². The van der Waals surface area contributed by atoms with Gasteiger partial charge in [0.25, 0.3) is 5.91 Å². The summed E-state index contributed by atoms with van der Waals surface area (Å²) in [6.45, 7) is 0.357. The Morgan fingerprint density at radius 1 is 1.16 bits per heavy atom. The van der Waals surface area contributed by atoms with E-state index in [4.69, 9.17) is 9.47 Å². The second-order valence-electron chi connectivity index (χ2n) is 5.34. The van der Waals surface area contributed by atoms with Crippen LogP contribution in [0.1, 0.15) is 5.56 Å². The van der Waals surface area contributed by atoms with Crippen molar-refractivity contribution in [2.24, 2.45) is 0 Å². The fraction of sp³-hybridized carbons (Fsp3) is 0.158. The molecule has 0 saturated carbocycles. The Bertz CT molecular complexity index is 834. The largest absolute Gasteiger partial charge is 0.497 e. The normalized spacial score (nSPS) is 10.3. The second-order valence-corrected chi connectivity index (χ2v) is 6.12. The number of hydrogen-bond donors (Lipinski definition) is 1. The van der Waals surface area contributed by atoms with Crippen molar-refractivity contribution in [1.29, 1.82) is 0 Å². The van der Waals surface area contributed by atoms with E-state index < -0.39 is 0 Å². The number of pyridine rings is 1. The molecule has 5 nitrogen and oxygen atoms in total. The predicted octanol–water partition coefficient (Wildman–Crippen LogP) is 3.51. The summed E-state index contributed by atoms with van der Waals surface area (Å²) in [7, 11) is 1.59. The molecule has 0 radical (unpaired) electrons. The SMILES string of the molecule is COc1cccc(OCC(=O)NCc2cncc(-c3ccsc3)c2)c1. The number of hydrogen-bond acceptors (Lipinski definition) is 5. The van der Waals surface area contributed by atoms with E-state index in [9.17, 15) is 4.79 Å². The molecule has 2 heterocycles. The first kappa shape index (κ1) is 17.0. The molecular weight excluding hydrogens is 336 g/mol. The molecule has 0 spiro atoms. The maximum absolute atomic E-state index is 12.0. The van der Waals surface area contributed by atoms with Crippen LogP contribution in [-0.2, 0) is 11.3 Å². The van der Waals surface area contributed by atoms with E-state index in [0.717, 1.165) is 16.7 Å². The number of ether oxygens (including phenoxy) is 2. The first-order chi connectivity index (χ1) is 12.2. The Labute approximate surface area is 150 Å². The van der Waals surface area contributed by atoms with E-state index in [-0.39, 0.29) is 12.5 Å². The van der Waals surface area contributed by atoms with Gasteiger partial charge in [-0.3, -0.25) is 9.78 Å². The molecule has 0 atom stereocenters. The summed E-state index contributed by atoms with van der Waals surface area (Å²) in [4.78, 5) is 16.2. The fourth-order valence-corrected chi connectivity index (χ4v) is 2.93. The van der Waals surface area contributed by atoms with Gasteiger partial charge in [0.2, 0.25) is 0 Å². The highest BCUT2D eigenvalue weighted by Crippen LogP contribution is 2.22. The first-order valence-corrected chi connectivity index (χ1v) is 8.69. The highest BCUT2D eigenvalue weighted by molar-refractivity contribution is 7.08. The van der Waals surface area contributed by atoms with Crippen LogP contribution in [0.4, 0.5) is 0 Å². The molecule has 128 valence electrons. The van der Waals surface area contributed by atoms with Crippen molar-refractivity contribution in [3.63, 3.8) is 0 Å². The topological polar surface area (TPSA) is 60.5 Å². The number of carbonyl (C=O) groups excluding carboxylic acids is 1. The van der Waals surface area contributed by atoms with Crippen molar-refractivity contribution in [3.05, 3.63) is 65.1 Å². The average molecular weight is 354 g/mol. The van der Waals surface area contributed by atoms with Crippen LogP contribution in [0.15, 0.2) is 59.6 Å². The van der Waals surface area contributed by atoms with Crippen molar-refractivity contribution in [3.8, 4) is 22.6 Å². The molecule has 1 amide bonds. The molecule has 3 rings (SSSR count). The third-order valence-electron chi connectivity index (χ3n) is 3.55. The van der Waals surface area contributed by atoms with Gasteiger partial charge in [0, 0.05) is 30.6 Å². The molecule has 0 fully saturated rings. The lowest BCUT2D eigenvalue weighted by Crippen LogP contribution is -2.28. The number of nitrogens with zero attached hydrogens (tertiary/aromatic N) is 1. The summed E-state index contributed by atoms with van der Waals surface area (Å²) < 4.78 is 10.6. The summed E-state index contributed by atoms with van der Waals surface area (Å²) in [5, 5.41) is 6.94. The van der Waals surface area contributed by atoms with E-state index >= 15 is 0 Å². The Kier molecular flexibility index (Phi) is 5.64. The zero-order chi connectivity index (χ0) is 17.5. The molecular formula is C19H18N2O3S. The quantitative estimate of drug-likeness (QED) is 0.705. The lowest BCUT2D eigenvalue weighted by Gasteiger charge is -2.09. The van der Waals surface area contributed by atoms with Gasteiger partial charge in [0.05, 0.1) is 7.11 Å². The lowest BCUT2D eigenvalue weighted by molar-refractivity contribution is -0.123. The molecule has 1 aromatic carbocycles. The number of rotatable bonds is 7.